The summed E-state index contributed by atoms with van der Waals surface area (Å²) in [6.45, 7) is 6.53. The minimum atomic E-state index is 0.0475. The first-order chi connectivity index (χ1) is 6.76. The molecule has 82 valence electrons. The Balaban J connectivity index is 2.13. The molecule has 0 unspecified atom stereocenters. The Labute approximate surface area is 91.6 Å². The Bertz CT molecular complexity index is 179. The molecule has 0 spiro atoms. The number of carbonyl (C=O) groups is 1. The van der Waals surface area contributed by atoms with Gasteiger partial charge in [-0.1, -0.05) is 6.92 Å². The molecule has 1 N–H and O–H groups in total. The molecule has 14 heavy (non-hydrogen) atoms. The molecule has 0 bridgehead atoms. The lowest BCUT2D eigenvalue weighted by Gasteiger charge is -2.30. The van der Waals surface area contributed by atoms with Gasteiger partial charge in [-0.15, -0.1) is 0 Å². The molecule has 0 aromatic rings. The summed E-state index contributed by atoms with van der Waals surface area (Å²) in [5, 5.41) is 2.90. The lowest BCUT2D eigenvalue weighted by atomic mass is 9.97. The van der Waals surface area contributed by atoms with E-state index in [1.165, 1.54) is 25.9 Å². The van der Waals surface area contributed by atoms with Crippen LogP contribution in [0.3, 0.4) is 0 Å². The van der Waals surface area contributed by atoms with E-state index in [-0.39, 0.29) is 5.91 Å². The molecule has 0 saturated carbocycles. The molecule has 0 aromatic heterocycles. The summed E-state index contributed by atoms with van der Waals surface area (Å²) in [6, 6.07) is 0. The molecule has 0 radical (unpaired) electrons. The predicted octanol–water partition coefficient (Wildman–Crippen LogP) is 0.764. The summed E-state index contributed by atoms with van der Waals surface area (Å²) in [6.07, 6.45) is 2.42. The van der Waals surface area contributed by atoms with E-state index in [0.717, 1.165) is 13.1 Å². The monoisotopic (exact) mass is 216 g/mol. The number of amides is 1. The van der Waals surface area contributed by atoms with E-state index in [2.05, 4.69) is 29.8 Å². The smallest absolute Gasteiger partial charge is 0.229 e. The maximum absolute atomic E-state index is 11.0. The van der Waals surface area contributed by atoms with E-state index in [1.54, 1.807) is 0 Å². The minimum absolute atomic E-state index is 0.0475. The number of rotatable bonds is 4. The van der Waals surface area contributed by atoms with Crippen molar-refractivity contribution >= 4 is 18.5 Å². The molecule has 1 aliphatic rings. The number of piperidine rings is 1. The Morgan fingerprint density at radius 3 is 2.64 bits per heavy atom. The summed E-state index contributed by atoms with van der Waals surface area (Å²) in [5.74, 6) is 1.02. The maximum atomic E-state index is 11.0. The van der Waals surface area contributed by atoms with Crippen molar-refractivity contribution in [1.29, 1.82) is 0 Å². The fourth-order valence-corrected chi connectivity index (χ4v) is 1.93. The van der Waals surface area contributed by atoms with Gasteiger partial charge in [-0.05, 0) is 38.4 Å². The maximum Gasteiger partial charge on any atom is 0.229 e. The van der Waals surface area contributed by atoms with Crippen LogP contribution >= 0.6 is 12.6 Å². The van der Waals surface area contributed by atoms with Gasteiger partial charge in [0.15, 0.2) is 0 Å². The molecule has 4 heteroatoms. The molecular weight excluding hydrogens is 196 g/mol. The van der Waals surface area contributed by atoms with Crippen molar-refractivity contribution in [1.82, 2.24) is 10.2 Å². The summed E-state index contributed by atoms with van der Waals surface area (Å²) in [4.78, 5) is 13.4. The van der Waals surface area contributed by atoms with Crippen LogP contribution in [0.25, 0.3) is 0 Å². The van der Waals surface area contributed by atoms with Gasteiger partial charge in [0.25, 0.3) is 0 Å². The standard InChI is InChI=1S/C10H20N2OS/c1-2-12-5-3-9(4-6-12)7-11-10(13)8-14/h9,14H,2-8H2,1H3,(H,11,13). The van der Waals surface area contributed by atoms with E-state index in [1.807, 2.05) is 0 Å². The van der Waals surface area contributed by atoms with Gasteiger partial charge in [0, 0.05) is 6.54 Å². The molecule has 3 nitrogen and oxygen atoms in total. The largest absolute Gasteiger partial charge is 0.355 e. The first kappa shape index (κ1) is 11.9. The lowest BCUT2D eigenvalue weighted by molar-refractivity contribution is -0.118. The third-order valence-electron chi connectivity index (χ3n) is 2.89. The average molecular weight is 216 g/mol. The molecule has 1 heterocycles. The van der Waals surface area contributed by atoms with Gasteiger partial charge in [0.2, 0.25) is 5.91 Å². The second-order valence-corrected chi connectivity index (χ2v) is 4.16. The van der Waals surface area contributed by atoms with E-state index in [0.29, 0.717) is 11.7 Å². The van der Waals surface area contributed by atoms with Gasteiger partial charge >= 0.3 is 0 Å². The fraction of sp³-hybridized carbons (Fsp3) is 0.900. The van der Waals surface area contributed by atoms with Crippen LogP contribution in [0.1, 0.15) is 19.8 Å². The quantitative estimate of drug-likeness (QED) is 0.680. The Morgan fingerprint density at radius 2 is 2.14 bits per heavy atom. The van der Waals surface area contributed by atoms with Crippen molar-refractivity contribution in [2.75, 3.05) is 31.9 Å². The third-order valence-corrected chi connectivity index (χ3v) is 3.17. The second-order valence-electron chi connectivity index (χ2n) is 3.84. The number of hydrogen-bond acceptors (Lipinski definition) is 3. The van der Waals surface area contributed by atoms with Crippen LogP contribution in [0.2, 0.25) is 0 Å². The Morgan fingerprint density at radius 1 is 1.50 bits per heavy atom. The number of nitrogens with one attached hydrogen (secondary N) is 1. The lowest BCUT2D eigenvalue weighted by Crippen LogP contribution is -2.38. The first-order valence-corrected chi connectivity index (χ1v) is 5.99. The SMILES string of the molecule is CCN1CCC(CNC(=O)CS)CC1. The van der Waals surface area contributed by atoms with E-state index < -0.39 is 0 Å². The first-order valence-electron chi connectivity index (χ1n) is 5.36. The van der Waals surface area contributed by atoms with Crippen molar-refractivity contribution in [3.05, 3.63) is 0 Å². The van der Waals surface area contributed by atoms with Crippen LogP contribution in [0, 0.1) is 5.92 Å². The fourth-order valence-electron chi connectivity index (χ4n) is 1.82. The molecule has 0 aromatic carbocycles. The molecule has 1 saturated heterocycles. The highest BCUT2D eigenvalue weighted by Gasteiger charge is 2.17. The number of likely N-dealkylation sites (tertiary alicyclic amines) is 1. The second kappa shape index (κ2) is 6.30. The van der Waals surface area contributed by atoms with Crippen LogP contribution in [-0.4, -0.2) is 42.7 Å². The van der Waals surface area contributed by atoms with Gasteiger partial charge in [-0.25, -0.2) is 0 Å². The van der Waals surface area contributed by atoms with Crippen molar-refractivity contribution in [3.63, 3.8) is 0 Å². The summed E-state index contributed by atoms with van der Waals surface area (Å²) < 4.78 is 0. The molecular formula is C10H20N2OS. The number of thiol groups is 1. The highest BCUT2D eigenvalue weighted by molar-refractivity contribution is 7.81. The zero-order chi connectivity index (χ0) is 10.4. The Hall–Kier alpha value is -0.220. The molecule has 1 fully saturated rings. The minimum Gasteiger partial charge on any atom is -0.355 e. The summed E-state index contributed by atoms with van der Waals surface area (Å²) >= 11 is 3.92. The normalized spacial score (nSPS) is 19.6. The molecule has 1 amide bonds. The zero-order valence-electron chi connectivity index (χ0n) is 8.83. The van der Waals surface area contributed by atoms with Gasteiger partial charge in [0.05, 0.1) is 5.75 Å². The zero-order valence-corrected chi connectivity index (χ0v) is 9.72. The van der Waals surface area contributed by atoms with Gasteiger partial charge in [0.1, 0.15) is 0 Å². The average Bonchev–Trinajstić information content (AvgIpc) is 2.26. The van der Waals surface area contributed by atoms with Crippen molar-refractivity contribution in [2.45, 2.75) is 19.8 Å². The van der Waals surface area contributed by atoms with E-state index in [4.69, 9.17) is 0 Å². The number of nitrogens with zero attached hydrogens (tertiary/aromatic N) is 1. The third kappa shape index (κ3) is 3.88. The van der Waals surface area contributed by atoms with Crippen molar-refractivity contribution in [3.8, 4) is 0 Å². The van der Waals surface area contributed by atoms with Gasteiger partial charge < -0.3 is 10.2 Å². The predicted molar refractivity (Wildman–Crippen MR) is 61.7 cm³/mol. The topological polar surface area (TPSA) is 32.3 Å². The number of carbonyl (C=O) groups excluding carboxylic acids is 1. The van der Waals surface area contributed by atoms with Crippen molar-refractivity contribution < 1.29 is 4.79 Å². The molecule has 1 rings (SSSR count). The van der Waals surface area contributed by atoms with E-state index in [9.17, 15) is 4.79 Å². The van der Waals surface area contributed by atoms with Crippen LogP contribution in [-0.2, 0) is 4.79 Å². The van der Waals surface area contributed by atoms with Crippen LogP contribution in [0.15, 0.2) is 0 Å². The Kier molecular flexibility index (Phi) is 5.33. The van der Waals surface area contributed by atoms with Crippen LogP contribution in [0.5, 0.6) is 0 Å². The van der Waals surface area contributed by atoms with Crippen LogP contribution in [0.4, 0.5) is 0 Å². The molecule has 0 atom stereocenters. The highest BCUT2D eigenvalue weighted by Crippen LogP contribution is 2.15. The van der Waals surface area contributed by atoms with Crippen molar-refractivity contribution in [2.24, 2.45) is 5.92 Å². The highest BCUT2D eigenvalue weighted by atomic mass is 32.1. The summed E-state index contributed by atoms with van der Waals surface area (Å²) in [7, 11) is 0. The molecule has 1 aliphatic heterocycles. The van der Waals surface area contributed by atoms with Gasteiger partial charge in [-0.3, -0.25) is 4.79 Å². The summed E-state index contributed by atoms with van der Waals surface area (Å²) in [5.41, 5.74) is 0. The van der Waals surface area contributed by atoms with Gasteiger partial charge in [-0.2, -0.15) is 12.6 Å². The number of hydrogen-bond donors (Lipinski definition) is 2. The molecule has 0 aliphatic carbocycles. The van der Waals surface area contributed by atoms with Crippen LogP contribution < -0.4 is 5.32 Å². The van der Waals surface area contributed by atoms with E-state index >= 15 is 0 Å².